The molecular weight excluding hydrogens is 357 g/mol. The van der Waals surface area contributed by atoms with Crippen molar-refractivity contribution in [1.29, 1.82) is 0 Å². The van der Waals surface area contributed by atoms with E-state index in [4.69, 9.17) is 23.2 Å². The highest BCUT2D eigenvalue weighted by atomic mass is 35.5. The van der Waals surface area contributed by atoms with Gasteiger partial charge in [0.15, 0.2) is 5.13 Å². The fourth-order valence-corrected chi connectivity index (χ4v) is 3.48. The van der Waals surface area contributed by atoms with E-state index in [1.54, 1.807) is 24.4 Å². The average molecular weight is 370 g/mol. The molecule has 0 unspecified atom stereocenters. The van der Waals surface area contributed by atoms with Gasteiger partial charge in [-0.3, -0.25) is 9.59 Å². The molecule has 23 heavy (non-hydrogen) atoms. The Morgan fingerprint density at radius 3 is 2.91 bits per heavy atom. The molecule has 3 rings (SSSR count). The van der Waals surface area contributed by atoms with Crippen LogP contribution in [0.2, 0.25) is 10.0 Å². The predicted molar refractivity (Wildman–Crippen MR) is 92.4 cm³/mol. The molecule has 0 saturated carbocycles. The summed E-state index contributed by atoms with van der Waals surface area (Å²) >= 11 is 13.5. The maximum Gasteiger partial charge on any atom is 0.231 e. The minimum absolute atomic E-state index is 0.138. The molecule has 5 nitrogen and oxygen atoms in total. The van der Waals surface area contributed by atoms with Gasteiger partial charge < -0.3 is 10.2 Å². The van der Waals surface area contributed by atoms with Gasteiger partial charge in [0.2, 0.25) is 11.8 Å². The van der Waals surface area contributed by atoms with E-state index in [0.717, 1.165) is 4.88 Å². The van der Waals surface area contributed by atoms with Crippen molar-refractivity contribution >= 4 is 57.2 Å². The Kier molecular flexibility index (Phi) is 4.57. The number of benzene rings is 1. The van der Waals surface area contributed by atoms with Crippen LogP contribution in [0.3, 0.4) is 0 Å². The molecule has 2 amide bonds. The third kappa shape index (κ3) is 3.49. The Morgan fingerprint density at radius 2 is 2.22 bits per heavy atom. The number of thiazole rings is 1. The molecule has 0 bridgehead atoms. The fraction of sp³-hybridized carbons (Fsp3) is 0.267. The van der Waals surface area contributed by atoms with E-state index in [9.17, 15) is 9.59 Å². The van der Waals surface area contributed by atoms with Crippen LogP contribution in [0.5, 0.6) is 0 Å². The Bertz CT molecular complexity index is 778. The monoisotopic (exact) mass is 369 g/mol. The van der Waals surface area contributed by atoms with Crippen LogP contribution >= 0.6 is 34.5 Å². The van der Waals surface area contributed by atoms with Crippen molar-refractivity contribution in [2.75, 3.05) is 16.8 Å². The first-order chi connectivity index (χ1) is 10.9. The summed E-state index contributed by atoms with van der Waals surface area (Å²) in [5.74, 6) is -0.806. The lowest BCUT2D eigenvalue weighted by atomic mass is 10.1. The Morgan fingerprint density at radius 1 is 1.43 bits per heavy atom. The second kappa shape index (κ2) is 6.47. The van der Waals surface area contributed by atoms with Gasteiger partial charge in [0.05, 0.1) is 16.6 Å². The molecule has 0 spiro atoms. The third-order valence-electron chi connectivity index (χ3n) is 3.55. The van der Waals surface area contributed by atoms with Gasteiger partial charge in [-0.1, -0.05) is 23.2 Å². The van der Waals surface area contributed by atoms with E-state index < -0.39 is 5.92 Å². The van der Waals surface area contributed by atoms with Crippen molar-refractivity contribution in [3.8, 4) is 0 Å². The minimum atomic E-state index is -0.443. The van der Waals surface area contributed by atoms with Gasteiger partial charge in [-0.05, 0) is 25.1 Å². The second-order valence-corrected chi connectivity index (χ2v) is 7.34. The summed E-state index contributed by atoms with van der Waals surface area (Å²) in [6.45, 7) is 2.18. The van der Waals surface area contributed by atoms with Gasteiger partial charge in [0.25, 0.3) is 0 Å². The van der Waals surface area contributed by atoms with Gasteiger partial charge in [0, 0.05) is 29.1 Å². The van der Waals surface area contributed by atoms with Crippen LogP contribution in [-0.2, 0) is 9.59 Å². The van der Waals surface area contributed by atoms with E-state index in [1.165, 1.54) is 16.2 Å². The molecule has 120 valence electrons. The van der Waals surface area contributed by atoms with E-state index in [0.29, 0.717) is 20.9 Å². The summed E-state index contributed by atoms with van der Waals surface area (Å²) in [4.78, 5) is 31.2. The highest BCUT2D eigenvalue weighted by molar-refractivity contribution is 7.15. The second-order valence-electron chi connectivity index (χ2n) is 5.27. The molecule has 0 radical (unpaired) electrons. The number of hydrogen-bond acceptors (Lipinski definition) is 4. The molecule has 1 saturated heterocycles. The Hall–Kier alpha value is -1.63. The predicted octanol–water partition coefficient (Wildman–Crippen LogP) is 3.75. The number of aromatic nitrogens is 1. The summed E-state index contributed by atoms with van der Waals surface area (Å²) in [7, 11) is 0. The number of nitrogens with one attached hydrogen (secondary N) is 1. The molecule has 1 aliphatic heterocycles. The molecule has 2 heterocycles. The number of nitrogens with zero attached hydrogens (tertiary/aromatic N) is 2. The molecule has 1 aromatic heterocycles. The largest absolute Gasteiger partial charge is 0.310 e. The third-order valence-corrected chi connectivity index (χ3v) is 4.93. The molecule has 8 heteroatoms. The van der Waals surface area contributed by atoms with Crippen molar-refractivity contribution in [3.63, 3.8) is 0 Å². The van der Waals surface area contributed by atoms with Gasteiger partial charge in [-0.25, -0.2) is 4.98 Å². The van der Waals surface area contributed by atoms with Crippen LogP contribution in [0.1, 0.15) is 11.3 Å². The smallest absolute Gasteiger partial charge is 0.231 e. The molecule has 0 aliphatic carbocycles. The summed E-state index contributed by atoms with van der Waals surface area (Å²) in [5.41, 5.74) is 0.532. The van der Waals surface area contributed by atoms with Crippen molar-refractivity contribution in [2.45, 2.75) is 13.3 Å². The Labute approximate surface area is 147 Å². The number of carbonyl (C=O) groups excluding carboxylic acids is 2. The van der Waals surface area contributed by atoms with E-state index in [1.807, 2.05) is 6.92 Å². The average Bonchev–Trinajstić information content (AvgIpc) is 3.08. The maximum atomic E-state index is 12.3. The lowest BCUT2D eigenvalue weighted by Crippen LogP contribution is -2.28. The number of amides is 2. The van der Waals surface area contributed by atoms with E-state index in [-0.39, 0.29) is 24.8 Å². The van der Waals surface area contributed by atoms with Crippen LogP contribution in [0, 0.1) is 12.8 Å². The van der Waals surface area contributed by atoms with Crippen LogP contribution in [0.25, 0.3) is 0 Å². The number of anilines is 2. The molecule has 1 atom stereocenters. The Balaban J connectivity index is 1.74. The lowest BCUT2D eigenvalue weighted by molar-refractivity contribution is -0.122. The van der Waals surface area contributed by atoms with Crippen molar-refractivity contribution in [3.05, 3.63) is 39.3 Å². The standard InChI is InChI=1S/C15H13Cl2N3O2S/c1-8-6-18-15(23-8)19-14(22)9-4-13(21)20(7-9)12-5-10(16)2-3-11(12)17/h2-3,5-6,9H,4,7H2,1H3,(H,18,19,22)/t9-/m0/s1. The summed E-state index contributed by atoms with van der Waals surface area (Å²) in [5, 5.41) is 4.21. The van der Waals surface area contributed by atoms with Crippen LogP contribution in [0.15, 0.2) is 24.4 Å². The van der Waals surface area contributed by atoms with E-state index >= 15 is 0 Å². The van der Waals surface area contributed by atoms with Crippen molar-refractivity contribution < 1.29 is 9.59 Å². The summed E-state index contributed by atoms with van der Waals surface area (Å²) in [6, 6.07) is 4.92. The topological polar surface area (TPSA) is 62.3 Å². The number of halogens is 2. The van der Waals surface area contributed by atoms with Crippen LogP contribution in [0.4, 0.5) is 10.8 Å². The highest BCUT2D eigenvalue weighted by Crippen LogP contribution is 2.33. The van der Waals surface area contributed by atoms with Crippen LogP contribution in [-0.4, -0.2) is 23.3 Å². The SMILES string of the molecule is Cc1cnc(NC(=O)[C@H]2CC(=O)N(c3cc(Cl)ccc3Cl)C2)s1. The van der Waals surface area contributed by atoms with E-state index in [2.05, 4.69) is 10.3 Å². The van der Waals surface area contributed by atoms with Crippen LogP contribution < -0.4 is 10.2 Å². The normalized spacial score (nSPS) is 17.6. The summed E-state index contributed by atoms with van der Waals surface area (Å²) in [6.07, 6.45) is 1.83. The minimum Gasteiger partial charge on any atom is -0.310 e. The molecular formula is C15H13Cl2N3O2S. The zero-order chi connectivity index (χ0) is 16.6. The van der Waals surface area contributed by atoms with Gasteiger partial charge in [0.1, 0.15) is 0 Å². The fourth-order valence-electron chi connectivity index (χ4n) is 2.43. The summed E-state index contributed by atoms with van der Waals surface area (Å²) < 4.78 is 0. The molecule has 1 aromatic carbocycles. The van der Waals surface area contributed by atoms with Crippen molar-refractivity contribution in [2.24, 2.45) is 5.92 Å². The number of hydrogen-bond donors (Lipinski definition) is 1. The number of aryl methyl sites for hydroxylation is 1. The van der Waals surface area contributed by atoms with Gasteiger partial charge in [-0.2, -0.15) is 0 Å². The number of rotatable bonds is 3. The first-order valence-corrected chi connectivity index (χ1v) is 8.50. The zero-order valence-electron chi connectivity index (χ0n) is 12.2. The first kappa shape index (κ1) is 16.2. The quantitative estimate of drug-likeness (QED) is 0.895. The first-order valence-electron chi connectivity index (χ1n) is 6.93. The van der Waals surface area contributed by atoms with Crippen molar-refractivity contribution in [1.82, 2.24) is 4.98 Å². The zero-order valence-corrected chi connectivity index (χ0v) is 14.5. The molecule has 1 aliphatic rings. The lowest BCUT2D eigenvalue weighted by Gasteiger charge is -2.18. The highest BCUT2D eigenvalue weighted by Gasteiger charge is 2.36. The number of carbonyl (C=O) groups is 2. The molecule has 1 fully saturated rings. The molecule has 1 N–H and O–H groups in total. The maximum absolute atomic E-state index is 12.3. The molecule has 2 aromatic rings. The van der Waals surface area contributed by atoms with Gasteiger partial charge >= 0.3 is 0 Å². The van der Waals surface area contributed by atoms with Gasteiger partial charge in [-0.15, -0.1) is 11.3 Å².